The highest BCUT2D eigenvalue weighted by Gasteiger charge is 2.42. The Morgan fingerprint density at radius 2 is 1.93 bits per heavy atom. The van der Waals surface area contributed by atoms with E-state index in [1.807, 2.05) is 0 Å². The van der Waals surface area contributed by atoms with Crippen LogP contribution in [-0.2, 0) is 10.0 Å². The lowest BCUT2D eigenvalue weighted by molar-refractivity contribution is -0.107. The van der Waals surface area contributed by atoms with Crippen molar-refractivity contribution in [1.82, 2.24) is 4.31 Å². The van der Waals surface area contributed by atoms with E-state index in [0.717, 1.165) is 4.31 Å². The zero-order chi connectivity index (χ0) is 11.9. The first-order valence-corrected chi connectivity index (χ1v) is 6.83. The fourth-order valence-corrected chi connectivity index (χ4v) is 3.56. The fourth-order valence-electron chi connectivity index (χ4n) is 1.41. The average molecular weight is 310 g/mol. The van der Waals surface area contributed by atoms with Gasteiger partial charge in [-0.1, -0.05) is 22.9 Å². The minimum Gasteiger partial charge on any atom is -0.212 e. The molecule has 15 heavy (non-hydrogen) atoms. The summed E-state index contributed by atoms with van der Waals surface area (Å²) in [6.07, 6.45) is -4.67. The molecule has 0 spiro atoms. The summed E-state index contributed by atoms with van der Waals surface area (Å²) >= 11 is 3.23. The summed E-state index contributed by atoms with van der Waals surface area (Å²) in [5.74, 6) is -1.74. The largest absolute Gasteiger partial charge is 0.404 e. The molecule has 1 rings (SSSR count). The highest BCUT2D eigenvalue weighted by Crippen LogP contribution is 2.28. The molecular weight excluding hydrogens is 299 g/mol. The third kappa shape index (κ3) is 3.60. The molecule has 0 saturated carbocycles. The van der Waals surface area contributed by atoms with Crippen molar-refractivity contribution in [1.29, 1.82) is 0 Å². The fraction of sp³-hybridized carbons (Fsp3) is 1.00. The van der Waals surface area contributed by atoms with E-state index in [4.69, 9.17) is 0 Å². The minimum absolute atomic E-state index is 0.0352. The first-order valence-electron chi connectivity index (χ1n) is 4.30. The van der Waals surface area contributed by atoms with Crippen molar-refractivity contribution < 1.29 is 21.6 Å². The van der Waals surface area contributed by atoms with Crippen LogP contribution in [0.5, 0.6) is 0 Å². The molecule has 0 aromatic heterocycles. The standard InChI is InChI=1S/C7H11BrF3NO2S/c1-5-2-12(3-6(5)8)15(13,14)4-7(9,10)11/h5-6H,2-4H2,1H3. The van der Waals surface area contributed by atoms with Crippen LogP contribution in [0.3, 0.4) is 0 Å². The smallest absolute Gasteiger partial charge is 0.212 e. The number of nitrogens with zero attached hydrogens (tertiary/aromatic N) is 1. The molecule has 0 aromatic rings. The summed E-state index contributed by atoms with van der Waals surface area (Å²) in [5.41, 5.74) is 0. The maximum Gasteiger partial charge on any atom is 0.404 e. The van der Waals surface area contributed by atoms with Crippen LogP contribution in [0.1, 0.15) is 6.92 Å². The molecule has 2 unspecified atom stereocenters. The van der Waals surface area contributed by atoms with E-state index in [9.17, 15) is 21.6 Å². The molecule has 1 fully saturated rings. The summed E-state index contributed by atoms with van der Waals surface area (Å²) in [4.78, 5) is -0.0690. The molecule has 0 aliphatic carbocycles. The number of rotatable bonds is 2. The first-order chi connectivity index (χ1) is 6.62. The maximum absolute atomic E-state index is 12.0. The van der Waals surface area contributed by atoms with Crippen molar-refractivity contribution in [3.05, 3.63) is 0 Å². The summed E-state index contributed by atoms with van der Waals surface area (Å²) in [5, 5.41) is 0. The summed E-state index contributed by atoms with van der Waals surface area (Å²) in [7, 11) is -4.21. The van der Waals surface area contributed by atoms with E-state index >= 15 is 0 Å². The second-order valence-electron chi connectivity index (χ2n) is 3.68. The van der Waals surface area contributed by atoms with E-state index in [1.165, 1.54) is 0 Å². The van der Waals surface area contributed by atoms with Crippen molar-refractivity contribution in [2.24, 2.45) is 5.92 Å². The van der Waals surface area contributed by atoms with Crippen molar-refractivity contribution in [3.8, 4) is 0 Å². The number of hydrogen-bond acceptors (Lipinski definition) is 2. The predicted molar refractivity (Wildman–Crippen MR) is 53.3 cm³/mol. The van der Waals surface area contributed by atoms with Crippen LogP contribution in [0.25, 0.3) is 0 Å². The first kappa shape index (κ1) is 13.2. The van der Waals surface area contributed by atoms with Gasteiger partial charge >= 0.3 is 6.18 Å². The van der Waals surface area contributed by atoms with Crippen LogP contribution in [0.15, 0.2) is 0 Å². The van der Waals surface area contributed by atoms with E-state index in [0.29, 0.717) is 0 Å². The molecule has 1 saturated heterocycles. The van der Waals surface area contributed by atoms with Gasteiger partial charge in [0.2, 0.25) is 10.0 Å². The predicted octanol–water partition coefficient (Wildman–Crippen LogP) is 1.59. The monoisotopic (exact) mass is 309 g/mol. The summed E-state index contributed by atoms with van der Waals surface area (Å²) in [6.45, 7) is 2.05. The topological polar surface area (TPSA) is 37.4 Å². The van der Waals surface area contributed by atoms with Gasteiger partial charge in [0.15, 0.2) is 5.75 Å². The molecule has 0 amide bonds. The van der Waals surface area contributed by atoms with Gasteiger partial charge in [0.05, 0.1) is 0 Å². The molecule has 0 radical (unpaired) electrons. The molecule has 0 aromatic carbocycles. The van der Waals surface area contributed by atoms with Crippen LogP contribution in [0.4, 0.5) is 13.2 Å². The SMILES string of the molecule is CC1CN(S(=O)(=O)CC(F)(F)F)CC1Br. The Kier molecular flexibility index (Phi) is 3.72. The van der Waals surface area contributed by atoms with E-state index in [-0.39, 0.29) is 23.8 Å². The van der Waals surface area contributed by atoms with Crippen LogP contribution >= 0.6 is 15.9 Å². The molecule has 8 heteroatoms. The molecule has 1 heterocycles. The van der Waals surface area contributed by atoms with E-state index < -0.39 is 22.0 Å². The summed E-state index contributed by atoms with van der Waals surface area (Å²) < 4.78 is 59.5. The Labute approximate surface area is 94.8 Å². The Morgan fingerprint density at radius 3 is 2.27 bits per heavy atom. The average Bonchev–Trinajstić information content (AvgIpc) is 2.27. The normalized spacial score (nSPS) is 29.7. The van der Waals surface area contributed by atoms with Crippen LogP contribution < -0.4 is 0 Å². The number of hydrogen-bond donors (Lipinski definition) is 0. The lowest BCUT2D eigenvalue weighted by Gasteiger charge is -2.16. The van der Waals surface area contributed by atoms with Gasteiger partial charge in [-0.05, 0) is 5.92 Å². The highest BCUT2D eigenvalue weighted by molar-refractivity contribution is 9.09. The Balaban J connectivity index is 2.72. The van der Waals surface area contributed by atoms with Crippen LogP contribution in [0, 0.1) is 5.92 Å². The molecule has 90 valence electrons. The van der Waals surface area contributed by atoms with Gasteiger partial charge in [0.1, 0.15) is 0 Å². The third-order valence-electron chi connectivity index (χ3n) is 2.23. The van der Waals surface area contributed by atoms with Gasteiger partial charge in [0, 0.05) is 17.9 Å². The number of sulfonamides is 1. The molecule has 0 bridgehead atoms. The number of halogens is 4. The quantitative estimate of drug-likeness (QED) is 0.727. The zero-order valence-electron chi connectivity index (χ0n) is 7.96. The Hall–Kier alpha value is 0.180. The Morgan fingerprint density at radius 1 is 1.40 bits per heavy atom. The second kappa shape index (κ2) is 4.21. The minimum atomic E-state index is -4.67. The van der Waals surface area contributed by atoms with Gasteiger partial charge in [-0.25, -0.2) is 12.7 Å². The molecular formula is C7H11BrF3NO2S. The lowest BCUT2D eigenvalue weighted by atomic mass is 10.2. The van der Waals surface area contributed by atoms with Crippen LogP contribution in [-0.4, -0.2) is 42.6 Å². The lowest BCUT2D eigenvalue weighted by Crippen LogP contribution is -2.36. The highest BCUT2D eigenvalue weighted by atomic mass is 79.9. The number of alkyl halides is 4. The third-order valence-corrected chi connectivity index (χ3v) is 5.20. The summed E-state index contributed by atoms with van der Waals surface area (Å²) in [6, 6.07) is 0. The van der Waals surface area contributed by atoms with Gasteiger partial charge in [-0.15, -0.1) is 0 Å². The zero-order valence-corrected chi connectivity index (χ0v) is 10.4. The molecule has 0 N–H and O–H groups in total. The van der Waals surface area contributed by atoms with Gasteiger partial charge in [0.25, 0.3) is 0 Å². The molecule has 2 atom stereocenters. The van der Waals surface area contributed by atoms with Crippen molar-refractivity contribution >= 4 is 26.0 Å². The molecule has 1 aliphatic heterocycles. The van der Waals surface area contributed by atoms with E-state index in [1.54, 1.807) is 6.92 Å². The van der Waals surface area contributed by atoms with Crippen LogP contribution in [0.2, 0.25) is 0 Å². The van der Waals surface area contributed by atoms with E-state index in [2.05, 4.69) is 15.9 Å². The van der Waals surface area contributed by atoms with Crippen molar-refractivity contribution in [2.75, 3.05) is 18.8 Å². The van der Waals surface area contributed by atoms with Gasteiger partial charge in [-0.2, -0.15) is 13.2 Å². The maximum atomic E-state index is 12.0. The second-order valence-corrected chi connectivity index (χ2v) is 6.83. The molecule has 1 aliphatic rings. The van der Waals surface area contributed by atoms with Crippen molar-refractivity contribution in [3.63, 3.8) is 0 Å². The molecule has 3 nitrogen and oxygen atoms in total. The van der Waals surface area contributed by atoms with Gasteiger partial charge in [-0.3, -0.25) is 0 Å². The van der Waals surface area contributed by atoms with Crippen molar-refractivity contribution in [2.45, 2.75) is 17.9 Å². The Bertz CT molecular complexity index is 320. The van der Waals surface area contributed by atoms with Gasteiger partial charge < -0.3 is 0 Å².